The van der Waals surface area contributed by atoms with Crippen molar-refractivity contribution in [1.29, 1.82) is 0 Å². The molecule has 1 aliphatic rings. The summed E-state index contributed by atoms with van der Waals surface area (Å²) in [6.07, 6.45) is 2.10. The topological polar surface area (TPSA) is 75.0 Å². The number of nitrogen functional groups attached to an aromatic ring is 1. The molecule has 0 bridgehead atoms. The maximum atomic E-state index is 12.5. The number of anilines is 1. The van der Waals surface area contributed by atoms with Crippen molar-refractivity contribution < 1.29 is 4.79 Å². The van der Waals surface area contributed by atoms with Gasteiger partial charge in [-0.25, -0.2) is 0 Å². The van der Waals surface area contributed by atoms with Gasteiger partial charge in [-0.3, -0.25) is 9.89 Å². The van der Waals surface area contributed by atoms with Crippen molar-refractivity contribution in [2.24, 2.45) is 5.92 Å². The molecule has 0 aromatic carbocycles. The number of carbonyl (C=O) groups is 1. The Labute approximate surface area is 114 Å². The average molecular weight is 264 g/mol. The van der Waals surface area contributed by atoms with Crippen LogP contribution in [0.4, 0.5) is 5.69 Å². The zero-order valence-electron chi connectivity index (χ0n) is 12.2. The van der Waals surface area contributed by atoms with E-state index in [9.17, 15) is 4.79 Å². The maximum Gasteiger partial charge on any atom is 0.276 e. The van der Waals surface area contributed by atoms with Crippen LogP contribution in [-0.4, -0.2) is 33.6 Å². The van der Waals surface area contributed by atoms with Gasteiger partial charge in [0.05, 0.1) is 11.4 Å². The molecule has 0 aliphatic carbocycles. The highest BCUT2D eigenvalue weighted by Crippen LogP contribution is 2.27. The number of nitrogens with two attached hydrogens (primary N) is 1. The van der Waals surface area contributed by atoms with Gasteiger partial charge in [0.2, 0.25) is 0 Å². The summed E-state index contributed by atoms with van der Waals surface area (Å²) in [5.74, 6) is 0.884. The number of hydrogen-bond donors (Lipinski definition) is 2. The van der Waals surface area contributed by atoms with Crippen LogP contribution in [0.5, 0.6) is 0 Å². The second kappa shape index (κ2) is 5.23. The summed E-state index contributed by atoms with van der Waals surface area (Å²) in [4.78, 5) is 14.4. The zero-order chi connectivity index (χ0) is 14.2. The number of rotatable bonds is 2. The van der Waals surface area contributed by atoms with Gasteiger partial charge in [-0.2, -0.15) is 5.10 Å². The molecule has 2 heterocycles. The van der Waals surface area contributed by atoms with Gasteiger partial charge in [0.25, 0.3) is 5.91 Å². The molecule has 0 saturated carbocycles. The highest BCUT2D eigenvalue weighted by Gasteiger charge is 2.30. The molecule has 3 N–H and O–H groups in total. The molecule has 1 saturated heterocycles. The highest BCUT2D eigenvalue weighted by atomic mass is 16.2. The quantitative estimate of drug-likeness (QED) is 0.861. The maximum absolute atomic E-state index is 12.5. The van der Waals surface area contributed by atoms with Crippen LogP contribution >= 0.6 is 0 Å². The molecule has 0 spiro atoms. The van der Waals surface area contributed by atoms with E-state index in [0.717, 1.165) is 25.1 Å². The summed E-state index contributed by atoms with van der Waals surface area (Å²) in [5.41, 5.74) is 7.78. The Morgan fingerprint density at radius 2 is 2.16 bits per heavy atom. The van der Waals surface area contributed by atoms with Crippen LogP contribution in [0.2, 0.25) is 0 Å². The number of aromatic nitrogens is 2. The molecule has 2 unspecified atom stereocenters. The van der Waals surface area contributed by atoms with Crippen LogP contribution in [0.25, 0.3) is 0 Å². The van der Waals surface area contributed by atoms with Gasteiger partial charge in [0.15, 0.2) is 5.69 Å². The van der Waals surface area contributed by atoms with Crippen molar-refractivity contribution in [3.8, 4) is 0 Å². The normalized spacial score (nSPS) is 23.9. The molecular formula is C14H24N4O. The summed E-state index contributed by atoms with van der Waals surface area (Å²) >= 11 is 0. The molecule has 106 valence electrons. The molecule has 2 rings (SSSR count). The van der Waals surface area contributed by atoms with E-state index in [4.69, 9.17) is 5.73 Å². The lowest BCUT2D eigenvalue weighted by molar-refractivity contribution is 0.0583. The van der Waals surface area contributed by atoms with Crippen molar-refractivity contribution in [2.45, 2.75) is 52.5 Å². The number of amides is 1. The SMILES string of the molecule is CC1CCN(C(=O)c2n[nH]c(C(C)C)c2N)C(C)C1. The third kappa shape index (κ3) is 2.60. The van der Waals surface area contributed by atoms with E-state index in [0.29, 0.717) is 17.3 Å². The molecule has 1 aliphatic heterocycles. The van der Waals surface area contributed by atoms with E-state index in [-0.39, 0.29) is 17.9 Å². The Balaban J connectivity index is 2.20. The molecule has 0 radical (unpaired) electrons. The third-order valence-electron chi connectivity index (χ3n) is 4.01. The van der Waals surface area contributed by atoms with Crippen LogP contribution in [0, 0.1) is 5.92 Å². The number of hydrogen-bond acceptors (Lipinski definition) is 3. The largest absolute Gasteiger partial charge is 0.395 e. The lowest BCUT2D eigenvalue weighted by atomic mass is 9.93. The Bertz CT molecular complexity index is 466. The summed E-state index contributed by atoms with van der Waals surface area (Å²) in [7, 11) is 0. The van der Waals surface area contributed by atoms with E-state index in [2.05, 4.69) is 24.0 Å². The fourth-order valence-electron chi connectivity index (χ4n) is 2.81. The molecule has 2 atom stereocenters. The molecule has 1 fully saturated rings. The molecule has 5 heteroatoms. The molecule has 5 nitrogen and oxygen atoms in total. The van der Waals surface area contributed by atoms with Gasteiger partial charge in [-0.05, 0) is 31.6 Å². The van der Waals surface area contributed by atoms with Crippen molar-refractivity contribution >= 4 is 11.6 Å². The van der Waals surface area contributed by atoms with Crippen molar-refractivity contribution in [3.63, 3.8) is 0 Å². The summed E-state index contributed by atoms with van der Waals surface area (Å²) in [5, 5.41) is 7.02. The number of nitrogens with zero attached hydrogens (tertiary/aromatic N) is 2. The van der Waals surface area contributed by atoms with Gasteiger partial charge >= 0.3 is 0 Å². The summed E-state index contributed by atoms with van der Waals surface area (Å²) in [6, 6.07) is 0.259. The minimum absolute atomic E-state index is 0.0416. The number of piperidine rings is 1. The smallest absolute Gasteiger partial charge is 0.276 e. The number of nitrogens with one attached hydrogen (secondary N) is 1. The van der Waals surface area contributed by atoms with Crippen LogP contribution in [0.15, 0.2) is 0 Å². The molecule has 1 amide bonds. The number of carbonyl (C=O) groups excluding carboxylic acids is 1. The number of aromatic amines is 1. The van der Waals surface area contributed by atoms with Gasteiger partial charge in [0.1, 0.15) is 0 Å². The molecule has 1 aromatic rings. The summed E-state index contributed by atoms with van der Waals surface area (Å²) in [6.45, 7) is 9.19. The van der Waals surface area contributed by atoms with Gasteiger partial charge < -0.3 is 10.6 Å². The first kappa shape index (κ1) is 13.9. The first-order valence-corrected chi connectivity index (χ1v) is 7.06. The number of likely N-dealkylation sites (tertiary alicyclic amines) is 1. The van der Waals surface area contributed by atoms with Crippen LogP contribution < -0.4 is 5.73 Å². The third-order valence-corrected chi connectivity index (χ3v) is 4.01. The predicted octanol–water partition coefficient (Wildman–Crippen LogP) is 2.38. The lowest BCUT2D eigenvalue weighted by Gasteiger charge is -2.36. The first-order chi connectivity index (χ1) is 8.91. The van der Waals surface area contributed by atoms with E-state index >= 15 is 0 Å². The Morgan fingerprint density at radius 3 is 2.68 bits per heavy atom. The number of H-pyrrole nitrogens is 1. The van der Waals surface area contributed by atoms with Crippen LogP contribution in [0.3, 0.4) is 0 Å². The fraction of sp³-hybridized carbons (Fsp3) is 0.714. The highest BCUT2D eigenvalue weighted by molar-refractivity contribution is 5.98. The van der Waals surface area contributed by atoms with Crippen molar-refractivity contribution in [2.75, 3.05) is 12.3 Å². The Hall–Kier alpha value is -1.52. The zero-order valence-corrected chi connectivity index (χ0v) is 12.2. The molecule has 19 heavy (non-hydrogen) atoms. The lowest BCUT2D eigenvalue weighted by Crippen LogP contribution is -2.44. The average Bonchev–Trinajstić information content (AvgIpc) is 2.70. The van der Waals surface area contributed by atoms with E-state index in [1.165, 1.54) is 0 Å². The molecular weight excluding hydrogens is 240 g/mol. The fourth-order valence-corrected chi connectivity index (χ4v) is 2.81. The monoisotopic (exact) mass is 264 g/mol. The van der Waals surface area contributed by atoms with E-state index in [1.54, 1.807) is 0 Å². The van der Waals surface area contributed by atoms with E-state index < -0.39 is 0 Å². The second-order valence-corrected chi connectivity index (χ2v) is 6.03. The van der Waals surface area contributed by atoms with Gasteiger partial charge in [-0.15, -0.1) is 0 Å². The minimum atomic E-state index is -0.0416. The predicted molar refractivity (Wildman–Crippen MR) is 76.0 cm³/mol. The van der Waals surface area contributed by atoms with Crippen molar-refractivity contribution in [1.82, 2.24) is 15.1 Å². The molecule has 1 aromatic heterocycles. The van der Waals surface area contributed by atoms with Crippen LogP contribution in [0.1, 0.15) is 62.6 Å². The van der Waals surface area contributed by atoms with Gasteiger partial charge in [-0.1, -0.05) is 20.8 Å². The van der Waals surface area contributed by atoms with Crippen LogP contribution in [-0.2, 0) is 0 Å². The first-order valence-electron chi connectivity index (χ1n) is 7.06. The minimum Gasteiger partial charge on any atom is -0.395 e. The van der Waals surface area contributed by atoms with Crippen molar-refractivity contribution in [3.05, 3.63) is 11.4 Å². The standard InChI is InChI=1S/C14H24N4O/c1-8(2)12-11(15)13(17-16-12)14(19)18-6-5-9(3)7-10(18)4/h8-10H,5-7,15H2,1-4H3,(H,16,17). The Kier molecular flexibility index (Phi) is 3.83. The Morgan fingerprint density at radius 1 is 1.47 bits per heavy atom. The van der Waals surface area contributed by atoms with E-state index in [1.807, 2.05) is 18.7 Å². The second-order valence-electron chi connectivity index (χ2n) is 6.03. The summed E-state index contributed by atoms with van der Waals surface area (Å²) < 4.78 is 0. The van der Waals surface area contributed by atoms with Gasteiger partial charge in [0, 0.05) is 12.6 Å².